The van der Waals surface area contributed by atoms with Gasteiger partial charge in [0.2, 0.25) is 0 Å². The second kappa shape index (κ2) is 5.15. The van der Waals surface area contributed by atoms with Crippen LogP contribution in [-0.4, -0.2) is 16.3 Å². The predicted octanol–water partition coefficient (Wildman–Crippen LogP) is 3.58. The predicted molar refractivity (Wildman–Crippen MR) is 68.2 cm³/mol. The fraction of sp³-hybridized carbons (Fsp3) is 0.231. The molecule has 0 aliphatic heterocycles. The van der Waals surface area contributed by atoms with Gasteiger partial charge in [0.05, 0.1) is 11.8 Å². The highest BCUT2D eigenvalue weighted by atomic mass is 35.5. The number of ether oxygens (including phenoxy) is 1. The number of aromatic nitrogens is 2. The van der Waals surface area contributed by atoms with E-state index in [-0.39, 0.29) is 6.10 Å². The van der Waals surface area contributed by atoms with E-state index in [1.807, 2.05) is 44.2 Å². The molecule has 0 saturated heterocycles. The molecule has 1 aromatic carbocycles. The molecule has 0 bridgehead atoms. The van der Waals surface area contributed by atoms with Crippen molar-refractivity contribution < 1.29 is 4.74 Å². The van der Waals surface area contributed by atoms with Crippen LogP contribution < -0.4 is 4.74 Å². The molecule has 0 atom stereocenters. The number of halogens is 1. The van der Waals surface area contributed by atoms with E-state index in [0.29, 0.717) is 5.15 Å². The van der Waals surface area contributed by atoms with Crippen LogP contribution in [0.15, 0.2) is 36.4 Å². The summed E-state index contributed by atoms with van der Waals surface area (Å²) in [4.78, 5) is 0. The van der Waals surface area contributed by atoms with E-state index in [9.17, 15) is 0 Å². The third kappa shape index (κ3) is 3.17. The van der Waals surface area contributed by atoms with Crippen LogP contribution in [0.25, 0.3) is 11.3 Å². The van der Waals surface area contributed by atoms with Gasteiger partial charge in [-0.3, -0.25) is 0 Å². The Labute approximate surface area is 105 Å². The minimum atomic E-state index is 0.154. The van der Waals surface area contributed by atoms with E-state index < -0.39 is 0 Å². The summed E-state index contributed by atoms with van der Waals surface area (Å²) in [6.45, 7) is 3.99. The molecule has 1 heterocycles. The Morgan fingerprint density at radius 1 is 1.12 bits per heavy atom. The number of benzene rings is 1. The van der Waals surface area contributed by atoms with Crippen LogP contribution in [0, 0.1) is 0 Å². The van der Waals surface area contributed by atoms with Crippen molar-refractivity contribution in [3.05, 3.63) is 41.6 Å². The van der Waals surface area contributed by atoms with Crippen LogP contribution in [0.2, 0.25) is 5.15 Å². The van der Waals surface area contributed by atoms with E-state index >= 15 is 0 Å². The molecule has 0 N–H and O–H groups in total. The zero-order valence-corrected chi connectivity index (χ0v) is 10.5. The van der Waals surface area contributed by atoms with Gasteiger partial charge in [0, 0.05) is 5.56 Å². The van der Waals surface area contributed by atoms with Gasteiger partial charge in [-0.25, -0.2) is 0 Å². The maximum absolute atomic E-state index is 5.70. The van der Waals surface area contributed by atoms with Crippen LogP contribution in [-0.2, 0) is 0 Å². The maximum atomic E-state index is 5.70. The standard InChI is InChI=1S/C13H13ClN2O/c1-9(2)17-11-5-3-4-10(8-11)12-6-7-13(14)16-15-12/h3-9H,1-2H3. The molecular weight excluding hydrogens is 236 g/mol. The molecular formula is C13H13ClN2O. The van der Waals surface area contributed by atoms with Gasteiger partial charge < -0.3 is 4.74 Å². The van der Waals surface area contributed by atoms with Gasteiger partial charge in [0.25, 0.3) is 0 Å². The summed E-state index contributed by atoms with van der Waals surface area (Å²) in [5, 5.41) is 8.24. The minimum Gasteiger partial charge on any atom is -0.491 e. The third-order valence-electron chi connectivity index (χ3n) is 2.13. The summed E-state index contributed by atoms with van der Waals surface area (Å²) in [6, 6.07) is 11.3. The molecule has 0 fully saturated rings. The highest BCUT2D eigenvalue weighted by Gasteiger charge is 2.03. The molecule has 0 aliphatic rings. The number of hydrogen-bond acceptors (Lipinski definition) is 3. The van der Waals surface area contributed by atoms with Crippen molar-refractivity contribution in [1.82, 2.24) is 10.2 Å². The first-order chi connectivity index (χ1) is 8.15. The third-order valence-corrected chi connectivity index (χ3v) is 2.34. The van der Waals surface area contributed by atoms with E-state index in [4.69, 9.17) is 16.3 Å². The van der Waals surface area contributed by atoms with Crippen molar-refractivity contribution in [2.24, 2.45) is 0 Å². The van der Waals surface area contributed by atoms with Crippen molar-refractivity contribution in [2.45, 2.75) is 20.0 Å². The first-order valence-corrected chi connectivity index (χ1v) is 5.79. The first kappa shape index (κ1) is 11.9. The summed E-state index contributed by atoms with van der Waals surface area (Å²) >= 11 is 5.70. The quantitative estimate of drug-likeness (QED) is 0.833. The van der Waals surface area contributed by atoms with Gasteiger partial charge in [-0.1, -0.05) is 23.7 Å². The van der Waals surface area contributed by atoms with Gasteiger partial charge in [0.1, 0.15) is 5.75 Å². The van der Waals surface area contributed by atoms with Gasteiger partial charge in [-0.05, 0) is 38.1 Å². The molecule has 0 amide bonds. The molecule has 0 saturated carbocycles. The second-order valence-corrected chi connectivity index (χ2v) is 4.32. The lowest BCUT2D eigenvalue weighted by molar-refractivity contribution is 0.242. The Bertz CT molecular complexity index is 497. The highest BCUT2D eigenvalue weighted by molar-refractivity contribution is 6.29. The average molecular weight is 249 g/mol. The molecule has 2 aromatic rings. The lowest BCUT2D eigenvalue weighted by Gasteiger charge is -2.10. The maximum Gasteiger partial charge on any atom is 0.151 e. The van der Waals surface area contributed by atoms with Gasteiger partial charge in [0.15, 0.2) is 5.15 Å². The van der Waals surface area contributed by atoms with Crippen LogP contribution in [0.1, 0.15) is 13.8 Å². The largest absolute Gasteiger partial charge is 0.491 e. The van der Waals surface area contributed by atoms with Crippen molar-refractivity contribution >= 4 is 11.6 Å². The van der Waals surface area contributed by atoms with Crippen molar-refractivity contribution in [3.63, 3.8) is 0 Å². The summed E-state index contributed by atoms with van der Waals surface area (Å²) < 4.78 is 5.63. The van der Waals surface area contributed by atoms with Crippen molar-refractivity contribution in [3.8, 4) is 17.0 Å². The molecule has 0 unspecified atom stereocenters. The smallest absolute Gasteiger partial charge is 0.151 e. The number of rotatable bonds is 3. The molecule has 2 rings (SSSR count). The lowest BCUT2D eigenvalue weighted by Crippen LogP contribution is -2.05. The Balaban J connectivity index is 2.29. The normalized spacial score (nSPS) is 10.6. The fourth-order valence-electron chi connectivity index (χ4n) is 1.47. The second-order valence-electron chi connectivity index (χ2n) is 3.94. The molecule has 1 aromatic heterocycles. The number of nitrogens with zero attached hydrogens (tertiary/aromatic N) is 2. The Morgan fingerprint density at radius 2 is 1.94 bits per heavy atom. The molecule has 3 nitrogen and oxygen atoms in total. The Hall–Kier alpha value is -1.61. The van der Waals surface area contributed by atoms with Gasteiger partial charge in [-0.15, -0.1) is 10.2 Å². The molecule has 88 valence electrons. The molecule has 0 radical (unpaired) electrons. The van der Waals surface area contributed by atoms with Crippen molar-refractivity contribution in [1.29, 1.82) is 0 Å². The van der Waals surface area contributed by atoms with E-state index in [1.54, 1.807) is 6.07 Å². The summed E-state index contributed by atoms with van der Waals surface area (Å²) in [6.07, 6.45) is 0.154. The lowest BCUT2D eigenvalue weighted by atomic mass is 10.1. The van der Waals surface area contributed by atoms with Crippen LogP contribution in [0.3, 0.4) is 0 Å². The summed E-state index contributed by atoms with van der Waals surface area (Å²) in [5.41, 5.74) is 1.75. The topological polar surface area (TPSA) is 35.0 Å². The zero-order valence-electron chi connectivity index (χ0n) is 9.72. The zero-order chi connectivity index (χ0) is 12.3. The van der Waals surface area contributed by atoms with Crippen LogP contribution in [0.5, 0.6) is 5.75 Å². The Morgan fingerprint density at radius 3 is 2.59 bits per heavy atom. The van der Waals surface area contributed by atoms with E-state index in [2.05, 4.69) is 10.2 Å². The van der Waals surface area contributed by atoms with Crippen LogP contribution in [0.4, 0.5) is 0 Å². The molecule has 4 heteroatoms. The van der Waals surface area contributed by atoms with Crippen LogP contribution >= 0.6 is 11.6 Å². The summed E-state index contributed by atoms with van der Waals surface area (Å²) in [7, 11) is 0. The monoisotopic (exact) mass is 248 g/mol. The SMILES string of the molecule is CC(C)Oc1cccc(-c2ccc(Cl)nn2)c1. The Kier molecular flexibility index (Phi) is 3.59. The number of hydrogen-bond donors (Lipinski definition) is 0. The first-order valence-electron chi connectivity index (χ1n) is 5.41. The van der Waals surface area contributed by atoms with Gasteiger partial charge in [-0.2, -0.15) is 0 Å². The molecule has 0 aliphatic carbocycles. The molecule has 0 spiro atoms. The van der Waals surface area contributed by atoms with E-state index in [0.717, 1.165) is 17.0 Å². The van der Waals surface area contributed by atoms with Crippen molar-refractivity contribution in [2.75, 3.05) is 0 Å². The van der Waals surface area contributed by atoms with E-state index in [1.165, 1.54) is 0 Å². The average Bonchev–Trinajstić information content (AvgIpc) is 2.29. The molecule has 17 heavy (non-hydrogen) atoms. The fourth-order valence-corrected chi connectivity index (χ4v) is 1.57. The highest BCUT2D eigenvalue weighted by Crippen LogP contribution is 2.22. The summed E-state index contributed by atoms with van der Waals surface area (Å²) in [5.74, 6) is 0.828. The van der Waals surface area contributed by atoms with Gasteiger partial charge >= 0.3 is 0 Å². The minimum absolute atomic E-state index is 0.154.